The van der Waals surface area contributed by atoms with Gasteiger partial charge in [-0.15, -0.1) is 0 Å². The Morgan fingerprint density at radius 3 is 2.85 bits per heavy atom. The summed E-state index contributed by atoms with van der Waals surface area (Å²) in [4.78, 5) is 17.7. The fourth-order valence-electron chi connectivity index (χ4n) is 2.98. The average molecular weight is 345 g/mol. The molecule has 0 spiro atoms. The van der Waals surface area contributed by atoms with E-state index in [1.165, 1.54) is 18.1 Å². The minimum absolute atomic E-state index is 0.0943. The van der Waals surface area contributed by atoms with Gasteiger partial charge in [0, 0.05) is 44.9 Å². The van der Waals surface area contributed by atoms with Crippen molar-refractivity contribution in [3.63, 3.8) is 0 Å². The van der Waals surface area contributed by atoms with E-state index in [1.807, 2.05) is 0 Å². The maximum absolute atomic E-state index is 11.1. The SMILES string of the molecule is CC(=O)Nc1ccnc(C#CCCN2CC=C(c3ccccc3)CC2)c1. The van der Waals surface area contributed by atoms with E-state index < -0.39 is 0 Å². The molecule has 0 bridgehead atoms. The normalized spacial score (nSPS) is 14.1. The molecule has 0 saturated heterocycles. The van der Waals surface area contributed by atoms with E-state index in [1.54, 1.807) is 18.3 Å². The summed E-state index contributed by atoms with van der Waals surface area (Å²) in [5, 5.41) is 2.74. The minimum Gasteiger partial charge on any atom is -0.326 e. The van der Waals surface area contributed by atoms with Crippen molar-refractivity contribution < 1.29 is 4.79 Å². The Bertz CT molecular complexity index is 846. The Morgan fingerprint density at radius 2 is 2.12 bits per heavy atom. The zero-order valence-corrected chi connectivity index (χ0v) is 15.0. The third kappa shape index (κ3) is 5.30. The molecule has 1 amide bonds. The molecule has 3 rings (SSSR count). The van der Waals surface area contributed by atoms with E-state index in [9.17, 15) is 4.79 Å². The fourth-order valence-corrected chi connectivity index (χ4v) is 2.98. The van der Waals surface area contributed by atoms with E-state index in [0.29, 0.717) is 5.69 Å². The first-order chi connectivity index (χ1) is 12.7. The quantitative estimate of drug-likeness (QED) is 0.862. The molecule has 1 N–H and O–H groups in total. The zero-order valence-electron chi connectivity index (χ0n) is 15.0. The molecule has 0 fully saturated rings. The predicted octanol–water partition coefficient (Wildman–Crippen LogP) is 3.57. The van der Waals surface area contributed by atoms with Crippen LogP contribution in [0.25, 0.3) is 5.57 Å². The zero-order chi connectivity index (χ0) is 18.2. The van der Waals surface area contributed by atoms with Crippen LogP contribution in [0.4, 0.5) is 5.69 Å². The molecular weight excluding hydrogens is 322 g/mol. The van der Waals surface area contributed by atoms with Gasteiger partial charge in [-0.05, 0) is 35.6 Å². The number of amides is 1. The monoisotopic (exact) mass is 345 g/mol. The van der Waals surface area contributed by atoms with Gasteiger partial charge in [0.1, 0.15) is 5.69 Å². The van der Waals surface area contributed by atoms with Crippen molar-refractivity contribution >= 4 is 17.2 Å². The van der Waals surface area contributed by atoms with Gasteiger partial charge in [0.2, 0.25) is 5.91 Å². The van der Waals surface area contributed by atoms with E-state index in [0.717, 1.165) is 38.2 Å². The number of carbonyl (C=O) groups is 1. The van der Waals surface area contributed by atoms with Gasteiger partial charge in [0.25, 0.3) is 0 Å². The molecule has 2 aromatic rings. The van der Waals surface area contributed by atoms with Crippen molar-refractivity contribution in [2.75, 3.05) is 25.0 Å². The van der Waals surface area contributed by atoms with Crippen LogP contribution in [0.3, 0.4) is 0 Å². The summed E-state index contributed by atoms with van der Waals surface area (Å²) < 4.78 is 0. The summed E-state index contributed by atoms with van der Waals surface area (Å²) in [6.07, 6.45) is 5.87. The topological polar surface area (TPSA) is 45.2 Å². The van der Waals surface area contributed by atoms with Crippen LogP contribution in [0.2, 0.25) is 0 Å². The summed E-state index contributed by atoms with van der Waals surface area (Å²) in [5.74, 6) is 6.17. The van der Waals surface area contributed by atoms with Crippen LogP contribution in [0.15, 0.2) is 54.7 Å². The summed E-state index contributed by atoms with van der Waals surface area (Å²) in [7, 11) is 0. The highest BCUT2D eigenvalue weighted by atomic mass is 16.1. The molecule has 0 radical (unpaired) electrons. The number of pyridine rings is 1. The van der Waals surface area contributed by atoms with Gasteiger partial charge >= 0.3 is 0 Å². The highest BCUT2D eigenvalue weighted by Gasteiger charge is 2.11. The first kappa shape index (κ1) is 17.9. The highest BCUT2D eigenvalue weighted by molar-refractivity contribution is 5.88. The number of hydrogen-bond donors (Lipinski definition) is 1. The molecule has 26 heavy (non-hydrogen) atoms. The molecule has 0 atom stereocenters. The number of nitrogens with one attached hydrogen (secondary N) is 1. The first-order valence-corrected chi connectivity index (χ1v) is 8.90. The van der Waals surface area contributed by atoms with Crippen molar-refractivity contribution in [3.05, 3.63) is 66.0 Å². The molecule has 1 aliphatic heterocycles. The molecule has 4 heteroatoms. The van der Waals surface area contributed by atoms with Gasteiger partial charge in [-0.25, -0.2) is 4.98 Å². The second-order valence-electron chi connectivity index (χ2n) is 6.31. The number of aromatic nitrogens is 1. The number of hydrogen-bond acceptors (Lipinski definition) is 3. The summed E-state index contributed by atoms with van der Waals surface area (Å²) in [6.45, 7) is 4.49. The Labute approximate surface area is 154 Å². The van der Waals surface area contributed by atoms with Crippen molar-refractivity contribution in [3.8, 4) is 11.8 Å². The predicted molar refractivity (Wildman–Crippen MR) is 106 cm³/mol. The van der Waals surface area contributed by atoms with Crippen LogP contribution < -0.4 is 5.32 Å². The number of carbonyl (C=O) groups excluding carboxylic acids is 1. The summed E-state index contributed by atoms with van der Waals surface area (Å²) >= 11 is 0. The van der Waals surface area contributed by atoms with Crippen molar-refractivity contribution in [2.24, 2.45) is 0 Å². The molecule has 1 aromatic heterocycles. The number of anilines is 1. The number of nitrogens with zero attached hydrogens (tertiary/aromatic N) is 2. The number of benzene rings is 1. The van der Waals surface area contributed by atoms with Crippen molar-refractivity contribution in [1.29, 1.82) is 0 Å². The van der Waals surface area contributed by atoms with E-state index in [4.69, 9.17) is 0 Å². The van der Waals surface area contributed by atoms with E-state index >= 15 is 0 Å². The van der Waals surface area contributed by atoms with Gasteiger partial charge in [0.05, 0.1) is 0 Å². The molecule has 0 aliphatic carbocycles. The average Bonchev–Trinajstić information content (AvgIpc) is 2.66. The van der Waals surface area contributed by atoms with Crippen molar-refractivity contribution in [2.45, 2.75) is 19.8 Å². The lowest BCUT2D eigenvalue weighted by Gasteiger charge is -2.25. The lowest BCUT2D eigenvalue weighted by Crippen LogP contribution is -2.29. The molecule has 1 aliphatic rings. The second kappa shape index (κ2) is 8.98. The highest BCUT2D eigenvalue weighted by Crippen LogP contribution is 2.21. The summed E-state index contributed by atoms with van der Waals surface area (Å²) in [6, 6.07) is 14.1. The van der Waals surface area contributed by atoms with Crippen LogP contribution in [0.1, 0.15) is 31.0 Å². The Balaban J connectivity index is 1.49. The van der Waals surface area contributed by atoms with E-state index in [-0.39, 0.29) is 5.91 Å². The third-order valence-electron chi connectivity index (χ3n) is 4.29. The molecule has 4 nitrogen and oxygen atoms in total. The number of rotatable bonds is 4. The lowest BCUT2D eigenvalue weighted by atomic mass is 9.99. The van der Waals surface area contributed by atoms with Gasteiger partial charge in [0.15, 0.2) is 0 Å². The van der Waals surface area contributed by atoms with Crippen molar-refractivity contribution in [1.82, 2.24) is 9.88 Å². The Morgan fingerprint density at radius 1 is 1.27 bits per heavy atom. The van der Waals surface area contributed by atoms with Gasteiger partial charge in [-0.2, -0.15) is 0 Å². The van der Waals surface area contributed by atoms with Crippen LogP contribution in [0, 0.1) is 11.8 Å². The Hall–Kier alpha value is -2.90. The van der Waals surface area contributed by atoms with Crippen LogP contribution >= 0.6 is 0 Å². The standard InChI is InChI=1S/C22H23N3O/c1-18(26)24-22-10-13-23-21(17-22)9-5-6-14-25-15-11-20(12-16-25)19-7-3-2-4-8-19/h2-4,7-8,10-11,13,17H,6,12,14-16H2,1H3,(H,23,24,26). The molecule has 2 heterocycles. The maximum atomic E-state index is 11.1. The van der Waals surface area contributed by atoms with Gasteiger partial charge in [-0.3, -0.25) is 9.69 Å². The van der Waals surface area contributed by atoms with Crippen LogP contribution in [-0.2, 0) is 4.79 Å². The minimum atomic E-state index is -0.0943. The maximum Gasteiger partial charge on any atom is 0.221 e. The molecular formula is C22H23N3O. The van der Waals surface area contributed by atoms with Crippen LogP contribution in [-0.4, -0.2) is 35.4 Å². The first-order valence-electron chi connectivity index (χ1n) is 8.90. The van der Waals surface area contributed by atoms with Gasteiger partial charge < -0.3 is 5.32 Å². The van der Waals surface area contributed by atoms with E-state index in [2.05, 4.69) is 63.4 Å². The largest absolute Gasteiger partial charge is 0.326 e. The lowest BCUT2D eigenvalue weighted by molar-refractivity contribution is -0.114. The summed E-state index contributed by atoms with van der Waals surface area (Å²) in [5.41, 5.74) is 4.18. The van der Waals surface area contributed by atoms with Crippen LogP contribution in [0.5, 0.6) is 0 Å². The van der Waals surface area contributed by atoms with Gasteiger partial charge in [-0.1, -0.05) is 42.3 Å². The molecule has 0 saturated carbocycles. The Kier molecular flexibility index (Phi) is 6.19. The molecule has 1 aromatic carbocycles. The second-order valence-corrected chi connectivity index (χ2v) is 6.31. The smallest absolute Gasteiger partial charge is 0.221 e. The molecule has 132 valence electrons. The third-order valence-corrected chi connectivity index (χ3v) is 4.29. The molecule has 0 unspecified atom stereocenters. The fraction of sp³-hybridized carbons (Fsp3) is 0.273.